The molecule has 0 radical (unpaired) electrons. The molecule has 0 unspecified atom stereocenters. The van der Waals surface area contributed by atoms with Gasteiger partial charge in [-0.15, -0.1) is 23.1 Å². The van der Waals surface area contributed by atoms with Crippen LogP contribution >= 0.6 is 23.1 Å². The number of aromatic nitrogens is 2. The van der Waals surface area contributed by atoms with E-state index in [1.807, 2.05) is 6.92 Å². The molecule has 1 N–H and O–H groups in total. The lowest BCUT2D eigenvalue weighted by molar-refractivity contribution is 0.102. The van der Waals surface area contributed by atoms with E-state index >= 15 is 0 Å². The largest absolute Gasteiger partial charge is 0.298 e. The number of thioether (sulfide) groups is 1. The molecule has 0 bridgehead atoms. The molecule has 0 atom stereocenters. The van der Waals surface area contributed by atoms with Crippen LogP contribution < -0.4 is 5.32 Å². The fourth-order valence-electron chi connectivity index (χ4n) is 1.36. The zero-order valence-electron chi connectivity index (χ0n) is 10.1. The van der Waals surface area contributed by atoms with Crippen molar-refractivity contribution in [3.8, 4) is 0 Å². The number of nitrogens with zero attached hydrogens (tertiary/aromatic N) is 2. The maximum Gasteiger partial charge on any atom is 0.257 e. The highest BCUT2D eigenvalue weighted by Crippen LogP contribution is 2.19. The molecule has 2 rings (SSSR count). The van der Waals surface area contributed by atoms with E-state index in [0.717, 1.165) is 15.7 Å². The summed E-state index contributed by atoms with van der Waals surface area (Å²) in [5, 5.41) is 4.27. The van der Waals surface area contributed by atoms with E-state index in [4.69, 9.17) is 0 Å². The van der Waals surface area contributed by atoms with Crippen LogP contribution in [0, 0.1) is 6.92 Å². The number of carbonyl (C=O) groups excluding carboxylic acids is 1. The quantitative estimate of drug-likeness (QED) is 0.873. The van der Waals surface area contributed by atoms with Crippen LogP contribution in [0.25, 0.3) is 0 Å². The van der Waals surface area contributed by atoms with Crippen molar-refractivity contribution in [2.45, 2.75) is 18.9 Å². The lowest BCUT2D eigenvalue weighted by atomic mass is 10.2. The molecule has 4 nitrogen and oxygen atoms in total. The summed E-state index contributed by atoms with van der Waals surface area (Å²) < 4.78 is 0. The Labute approximate surface area is 114 Å². The lowest BCUT2D eigenvalue weighted by Gasteiger charge is -2.03. The summed E-state index contributed by atoms with van der Waals surface area (Å²) in [6.07, 6.45) is 3.39. The third kappa shape index (κ3) is 3.30. The number of nitrogens with one attached hydrogen (secondary N) is 1. The van der Waals surface area contributed by atoms with Crippen molar-refractivity contribution < 1.29 is 4.79 Å². The van der Waals surface area contributed by atoms with E-state index < -0.39 is 0 Å². The molecule has 6 heteroatoms. The van der Waals surface area contributed by atoms with E-state index in [2.05, 4.69) is 22.2 Å². The van der Waals surface area contributed by atoms with Crippen LogP contribution in [0.3, 0.4) is 0 Å². The number of anilines is 1. The number of rotatable bonds is 4. The molecule has 94 valence electrons. The van der Waals surface area contributed by atoms with Gasteiger partial charge >= 0.3 is 0 Å². The first-order valence-electron chi connectivity index (χ1n) is 5.51. The molecule has 2 aromatic heterocycles. The van der Waals surface area contributed by atoms with Crippen molar-refractivity contribution in [2.24, 2.45) is 0 Å². The number of aryl methyl sites for hydroxylation is 1. The monoisotopic (exact) mass is 279 g/mol. The highest BCUT2D eigenvalue weighted by Gasteiger charge is 2.09. The maximum absolute atomic E-state index is 12.0. The summed E-state index contributed by atoms with van der Waals surface area (Å²) in [5.74, 6) is 0.786. The second-order valence-corrected chi connectivity index (χ2v) is 6.07. The molecule has 0 aliphatic heterocycles. The molecule has 0 saturated heterocycles. The second-order valence-electron chi connectivity index (χ2n) is 3.55. The summed E-state index contributed by atoms with van der Waals surface area (Å²) in [6, 6.07) is 3.50. The van der Waals surface area contributed by atoms with Gasteiger partial charge in [-0.3, -0.25) is 10.1 Å². The van der Waals surface area contributed by atoms with Crippen molar-refractivity contribution >= 4 is 34.1 Å². The Morgan fingerprint density at radius 1 is 1.50 bits per heavy atom. The molecule has 0 aliphatic rings. The maximum atomic E-state index is 12.0. The van der Waals surface area contributed by atoms with Crippen LogP contribution in [0.5, 0.6) is 0 Å². The van der Waals surface area contributed by atoms with Crippen molar-refractivity contribution in [3.05, 3.63) is 35.0 Å². The third-order valence-electron chi connectivity index (χ3n) is 2.13. The topological polar surface area (TPSA) is 54.9 Å². The van der Waals surface area contributed by atoms with Gasteiger partial charge in [0.2, 0.25) is 0 Å². The fourth-order valence-corrected chi connectivity index (χ4v) is 2.66. The van der Waals surface area contributed by atoms with Crippen molar-refractivity contribution in [1.29, 1.82) is 0 Å². The number of amides is 1. The van der Waals surface area contributed by atoms with E-state index in [1.165, 1.54) is 11.3 Å². The van der Waals surface area contributed by atoms with Crippen molar-refractivity contribution in [2.75, 3.05) is 11.1 Å². The Hall–Kier alpha value is -1.40. The molecule has 0 spiro atoms. The number of hydrogen-bond acceptors (Lipinski definition) is 5. The number of pyridine rings is 1. The number of carbonyl (C=O) groups is 1. The van der Waals surface area contributed by atoms with E-state index in [-0.39, 0.29) is 5.91 Å². The molecule has 2 heterocycles. The minimum absolute atomic E-state index is 0.148. The van der Waals surface area contributed by atoms with Crippen LogP contribution in [0.1, 0.15) is 22.2 Å². The van der Waals surface area contributed by atoms with E-state index in [0.29, 0.717) is 10.7 Å². The van der Waals surface area contributed by atoms with Gasteiger partial charge in [0.25, 0.3) is 5.91 Å². The minimum Gasteiger partial charge on any atom is -0.298 e. The zero-order valence-corrected chi connectivity index (χ0v) is 11.8. The lowest BCUT2D eigenvalue weighted by Crippen LogP contribution is -2.11. The first-order chi connectivity index (χ1) is 8.69. The van der Waals surface area contributed by atoms with Crippen LogP contribution in [-0.4, -0.2) is 21.6 Å². The summed E-state index contributed by atoms with van der Waals surface area (Å²) in [7, 11) is 0. The number of hydrogen-bond donors (Lipinski definition) is 1. The minimum atomic E-state index is -0.148. The van der Waals surface area contributed by atoms with E-state index in [9.17, 15) is 4.79 Å². The molecule has 0 aliphatic carbocycles. The van der Waals surface area contributed by atoms with Crippen LogP contribution in [0.2, 0.25) is 0 Å². The predicted octanol–water partition coefficient (Wildman–Crippen LogP) is 3.21. The van der Waals surface area contributed by atoms with Gasteiger partial charge in [0.05, 0.1) is 5.03 Å². The molecule has 1 amide bonds. The Balaban J connectivity index is 2.11. The van der Waals surface area contributed by atoms with Gasteiger partial charge < -0.3 is 0 Å². The van der Waals surface area contributed by atoms with Gasteiger partial charge in [-0.2, -0.15) is 0 Å². The van der Waals surface area contributed by atoms with Crippen LogP contribution in [0.4, 0.5) is 5.13 Å². The molecule has 18 heavy (non-hydrogen) atoms. The standard InChI is InChI=1S/C12H13N3OS2/c1-3-17-10-6-9(4-5-13-10)11(16)15-12-14-7-8(2)18-12/h4-7H,3H2,1-2H3,(H,14,15,16). The van der Waals surface area contributed by atoms with Gasteiger partial charge in [0.1, 0.15) is 0 Å². The average molecular weight is 279 g/mol. The number of thiazole rings is 1. The second kappa shape index (κ2) is 5.97. The van der Waals surface area contributed by atoms with Crippen molar-refractivity contribution in [1.82, 2.24) is 9.97 Å². The first-order valence-corrected chi connectivity index (χ1v) is 7.32. The van der Waals surface area contributed by atoms with Crippen LogP contribution in [0.15, 0.2) is 29.6 Å². The fraction of sp³-hybridized carbons (Fsp3) is 0.250. The van der Waals surface area contributed by atoms with E-state index in [1.54, 1.807) is 36.3 Å². The van der Waals surface area contributed by atoms with Crippen LogP contribution in [-0.2, 0) is 0 Å². The summed E-state index contributed by atoms with van der Waals surface area (Å²) in [6.45, 7) is 4.01. The first kappa shape index (κ1) is 13.0. The third-order valence-corrected chi connectivity index (χ3v) is 3.77. The van der Waals surface area contributed by atoms with Gasteiger partial charge in [0, 0.05) is 22.8 Å². The smallest absolute Gasteiger partial charge is 0.257 e. The van der Waals surface area contributed by atoms with Gasteiger partial charge in [-0.25, -0.2) is 9.97 Å². The molecule has 0 saturated carbocycles. The highest BCUT2D eigenvalue weighted by atomic mass is 32.2. The molecule has 0 aromatic carbocycles. The molecular formula is C12H13N3OS2. The SMILES string of the molecule is CCSc1cc(C(=O)Nc2ncc(C)s2)ccn1. The molecule has 2 aromatic rings. The Morgan fingerprint density at radius 2 is 2.33 bits per heavy atom. The Morgan fingerprint density at radius 3 is 3.00 bits per heavy atom. The summed E-state index contributed by atoms with van der Waals surface area (Å²) in [5.41, 5.74) is 0.605. The Bertz CT molecular complexity index is 554. The normalized spacial score (nSPS) is 10.3. The van der Waals surface area contributed by atoms with Gasteiger partial charge in [0.15, 0.2) is 5.13 Å². The molecule has 0 fully saturated rings. The predicted molar refractivity (Wildman–Crippen MR) is 75.4 cm³/mol. The van der Waals surface area contributed by atoms with Crippen molar-refractivity contribution in [3.63, 3.8) is 0 Å². The summed E-state index contributed by atoms with van der Waals surface area (Å²) in [4.78, 5) is 21.4. The molecular weight excluding hydrogens is 266 g/mol. The zero-order chi connectivity index (χ0) is 13.0. The average Bonchev–Trinajstić information content (AvgIpc) is 2.75. The summed E-state index contributed by atoms with van der Waals surface area (Å²) >= 11 is 3.07. The Kier molecular flexibility index (Phi) is 4.33. The van der Waals surface area contributed by atoms with Gasteiger partial charge in [-0.1, -0.05) is 6.92 Å². The van der Waals surface area contributed by atoms with Gasteiger partial charge in [-0.05, 0) is 24.8 Å². The highest BCUT2D eigenvalue weighted by molar-refractivity contribution is 7.99.